The van der Waals surface area contributed by atoms with Gasteiger partial charge in [0.05, 0.1) is 12.3 Å². The first kappa shape index (κ1) is 12.3. The molecular weight excluding hydrogens is 216 g/mol. The van der Waals surface area contributed by atoms with Crippen LogP contribution in [-0.2, 0) is 6.61 Å². The zero-order chi connectivity index (χ0) is 12.3. The van der Waals surface area contributed by atoms with Crippen molar-refractivity contribution in [1.82, 2.24) is 9.97 Å². The van der Waals surface area contributed by atoms with E-state index in [-0.39, 0.29) is 12.7 Å². The summed E-state index contributed by atoms with van der Waals surface area (Å²) in [5.74, 6) is 0.807. The molecule has 0 bridgehead atoms. The summed E-state index contributed by atoms with van der Waals surface area (Å²) in [6.07, 6.45) is 4.81. The molecule has 0 radical (unpaired) electrons. The fourth-order valence-corrected chi connectivity index (χ4v) is 2.23. The summed E-state index contributed by atoms with van der Waals surface area (Å²) in [5.41, 5.74) is 1.46. The van der Waals surface area contributed by atoms with E-state index >= 15 is 0 Å². The summed E-state index contributed by atoms with van der Waals surface area (Å²) in [7, 11) is 0. The molecule has 1 aromatic heterocycles. The van der Waals surface area contributed by atoms with E-state index in [0.717, 1.165) is 24.5 Å². The fourth-order valence-electron chi connectivity index (χ4n) is 2.23. The Kier molecular flexibility index (Phi) is 3.94. The number of aryl methyl sites for hydroxylation is 1. The minimum atomic E-state index is -0.0680. The molecule has 17 heavy (non-hydrogen) atoms. The van der Waals surface area contributed by atoms with Gasteiger partial charge >= 0.3 is 6.01 Å². The highest BCUT2D eigenvalue weighted by atomic mass is 16.5. The zero-order valence-electron chi connectivity index (χ0n) is 10.5. The molecule has 1 heterocycles. The summed E-state index contributed by atoms with van der Waals surface area (Å²) in [6.45, 7) is 4.10. The van der Waals surface area contributed by atoms with Gasteiger partial charge in [0.15, 0.2) is 0 Å². The minimum Gasteiger partial charge on any atom is -0.460 e. The second-order valence-corrected chi connectivity index (χ2v) is 4.94. The number of ether oxygens (including phenoxy) is 1. The van der Waals surface area contributed by atoms with Crippen LogP contribution in [0.1, 0.15) is 44.0 Å². The van der Waals surface area contributed by atoms with E-state index in [0.29, 0.717) is 11.7 Å². The average molecular weight is 236 g/mol. The molecule has 0 unspecified atom stereocenters. The molecule has 1 saturated carbocycles. The molecule has 0 aromatic carbocycles. The van der Waals surface area contributed by atoms with Crippen molar-refractivity contribution < 1.29 is 9.84 Å². The molecule has 0 saturated heterocycles. The molecule has 1 aromatic rings. The van der Waals surface area contributed by atoms with E-state index < -0.39 is 0 Å². The second-order valence-electron chi connectivity index (χ2n) is 4.94. The summed E-state index contributed by atoms with van der Waals surface area (Å²) < 4.78 is 5.79. The Labute approximate surface area is 102 Å². The van der Waals surface area contributed by atoms with Crippen LogP contribution in [0.3, 0.4) is 0 Å². The SMILES string of the molecule is Cc1cc(CO)nc(OC2CCC(C)CC2)n1. The zero-order valence-corrected chi connectivity index (χ0v) is 10.5. The van der Waals surface area contributed by atoms with Gasteiger partial charge in [-0.1, -0.05) is 6.92 Å². The van der Waals surface area contributed by atoms with Crippen LogP contribution < -0.4 is 4.74 Å². The lowest BCUT2D eigenvalue weighted by atomic mass is 9.89. The van der Waals surface area contributed by atoms with Gasteiger partial charge in [0.1, 0.15) is 6.10 Å². The van der Waals surface area contributed by atoms with Gasteiger partial charge in [-0.3, -0.25) is 0 Å². The molecule has 0 atom stereocenters. The lowest BCUT2D eigenvalue weighted by molar-refractivity contribution is 0.123. The summed E-state index contributed by atoms with van der Waals surface area (Å²) >= 11 is 0. The Balaban J connectivity index is 2.00. The number of aliphatic hydroxyl groups excluding tert-OH is 1. The van der Waals surface area contributed by atoms with Crippen molar-refractivity contribution in [3.8, 4) is 6.01 Å². The molecule has 2 rings (SSSR count). The van der Waals surface area contributed by atoms with Crippen LogP contribution in [0.2, 0.25) is 0 Å². The van der Waals surface area contributed by atoms with Crippen molar-refractivity contribution in [2.24, 2.45) is 5.92 Å². The molecule has 1 aliphatic rings. The third kappa shape index (κ3) is 3.40. The molecule has 4 heteroatoms. The van der Waals surface area contributed by atoms with Crippen LogP contribution in [0.4, 0.5) is 0 Å². The summed E-state index contributed by atoms with van der Waals surface area (Å²) in [5, 5.41) is 9.08. The van der Waals surface area contributed by atoms with Gasteiger partial charge in [-0.2, -0.15) is 4.98 Å². The van der Waals surface area contributed by atoms with Crippen molar-refractivity contribution in [2.75, 3.05) is 0 Å². The number of aromatic nitrogens is 2. The van der Waals surface area contributed by atoms with E-state index in [1.54, 1.807) is 6.07 Å². The number of rotatable bonds is 3. The van der Waals surface area contributed by atoms with Gasteiger partial charge in [-0.05, 0) is 44.6 Å². The Hall–Kier alpha value is -1.16. The van der Waals surface area contributed by atoms with Crippen molar-refractivity contribution >= 4 is 0 Å². The van der Waals surface area contributed by atoms with Gasteiger partial charge < -0.3 is 9.84 Å². The monoisotopic (exact) mass is 236 g/mol. The van der Waals surface area contributed by atoms with E-state index in [1.165, 1.54) is 12.8 Å². The Morgan fingerprint density at radius 1 is 1.29 bits per heavy atom. The Bertz CT molecular complexity index is 374. The smallest absolute Gasteiger partial charge is 0.317 e. The average Bonchev–Trinajstić information content (AvgIpc) is 2.31. The third-order valence-electron chi connectivity index (χ3n) is 3.28. The molecule has 0 spiro atoms. The van der Waals surface area contributed by atoms with Gasteiger partial charge in [0.2, 0.25) is 0 Å². The maximum Gasteiger partial charge on any atom is 0.317 e. The first-order valence-corrected chi connectivity index (χ1v) is 6.29. The van der Waals surface area contributed by atoms with E-state index in [9.17, 15) is 0 Å². The number of aliphatic hydroxyl groups is 1. The maximum absolute atomic E-state index is 9.08. The molecule has 1 fully saturated rings. The van der Waals surface area contributed by atoms with E-state index in [1.807, 2.05) is 6.92 Å². The lowest BCUT2D eigenvalue weighted by Crippen LogP contribution is -2.24. The Morgan fingerprint density at radius 3 is 2.65 bits per heavy atom. The first-order valence-electron chi connectivity index (χ1n) is 6.29. The van der Waals surface area contributed by atoms with Crippen LogP contribution in [0, 0.1) is 12.8 Å². The maximum atomic E-state index is 9.08. The van der Waals surface area contributed by atoms with E-state index in [4.69, 9.17) is 9.84 Å². The van der Waals surface area contributed by atoms with Crippen molar-refractivity contribution in [3.05, 3.63) is 17.5 Å². The predicted molar refractivity (Wildman–Crippen MR) is 64.7 cm³/mol. The fraction of sp³-hybridized carbons (Fsp3) is 0.692. The Morgan fingerprint density at radius 2 is 2.00 bits per heavy atom. The van der Waals surface area contributed by atoms with Crippen LogP contribution in [0.15, 0.2) is 6.07 Å². The lowest BCUT2D eigenvalue weighted by Gasteiger charge is -2.26. The topological polar surface area (TPSA) is 55.2 Å². The van der Waals surface area contributed by atoms with Crippen molar-refractivity contribution in [2.45, 2.75) is 52.2 Å². The molecule has 0 aliphatic heterocycles. The number of nitrogens with zero attached hydrogens (tertiary/aromatic N) is 2. The van der Waals surface area contributed by atoms with Crippen LogP contribution in [0.25, 0.3) is 0 Å². The highest BCUT2D eigenvalue weighted by molar-refractivity contribution is 5.12. The van der Waals surface area contributed by atoms with Crippen LogP contribution in [-0.4, -0.2) is 21.2 Å². The molecule has 1 N–H and O–H groups in total. The van der Waals surface area contributed by atoms with Crippen molar-refractivity contribution in [1.29, 1.82) is 0 Å². The van der Waals surface area contributed by atoms with Gasteiger partial charge in [-0.15, -0.1) is 0 Å². The molecule has 94 valence electrons. The van der Waals surface area contributed by atoms with Gasteiger partial charge in [-0.25, -0.2) is 4.98 Å². The third-order valence-corrected chi connectivity index (χ3v) is 3.28. The largest absolute Gasteiger partial charge is 0.460 e. The summed E-state index contributed by atoms with van der Waals surface area (Å²) in [4.78, 5) is 8.43. The molecule has 0 amide bonds. The number of hydrogen-bond donors (Lipinski definition) is 1. The molecule has 4 nitrogen and oxygen atoms in total. The van der Waals surface area contributed by atoms with Gasteiger partial charge in [0.25, 0.3) is 0 Å². The quantitative estimate of drug-likeness (QED) is 0.874. The summed E-state index contributed by atoms with van der Waals surface area (Å²) in [6, 6.07) is 2.18. The number of hydrogen-bond acceptors (Lipinski definition) is 4. The predicted octanol–water partition coefficient (Wildman–Crippen LogP) is 2.23. The van der Waals surface area contributed by atoms with Crippen LogP contribution in [0.5, 0.6) is 6.01 Å². The molecular formula is C13H20N2O2. The van der Waals surface area contributed by atoms with Crippen LogP contribution >= 0.6 is 0 Å². The highest BCUT2D eigenvalue weighted by Gasteiger charge is 2.20. The standard InChI is InChI=1S/C13H20N2O2/c1-9-3-5-12(6-4-9)17-13-14-10(2)7-11(8-16)15-13/h7,9,12,16H,3-6,8H2,1-2H3. The van der Waals surface area contributed by atoms with Crippen molar-refractivity contribution in [3.63, 3.8) is 0 Å². The van der Waals surface area contributed by atoms with E-state index in [2.05, 4.69) is 16.9 Å². The van der Waals surface area contributed by atoms with Gasteiger partial charge in [0, 0.05) is 5.69 Å². The first-order chi connectivity index (χ1) is 8.17. The normalized spacial score (nSPS) is 24.6. The minimum absolute atomic E-state index is 0.0680. The molecule has 1 aliphatic carbocycles. The second kappa shape index (κ2) is 5.45. The highest BCUT2D eigenvalue weighted by Crippen LogP contribution is 2.26.